The normalized spacial score (nSPS) is 19.5. The van der Waals surface area contributed by atoms with Gasteiger partial charge < -0.3 is 30.0 Å². The van der Waals surface area contributed by atoms with Crippen LogP contribution in [0.15, 0.2) is 30.3 Å². The number of amides is 1. The second-order valence-corrected chi connectivity index (χ2v) is 7.63. The molecule has 0 radical (unpaired) electrons. The number of methoxy groups -OCH3 is 3. The molecule has 2 unspecified atom stereocenters. The van der Waals surface area contributed by atoms with Gasteiger partial charge in [-0.2, -0.15) is 0 Å². The van der Waals surface area contributed by atoms with Crippen molar-refractivity contribution in [3.8, 4) is 17.2 Å². The predicted molar refractivity (Wildman–Crippen MR) is 120 cm³/mol. The van der Waals surface area contributed by atoms with E-state index in [1.165, 1.54) is 7.05 Å². The van der Waals surface area contributed by atoms with E-state index < -0.39 is 6.10 Å². The molecule has 2 heterocycles. The van der Waals surface area contributed by atoms with Crippen LogP contribution in [-0.2, 0) is 11.3 Å². The van der Waals surface area contributed by atoms with Gasteiger partial charge in [-0.3, -0.25) is 4.79 Å². The quantitative estimate of drug-likeness (QED) is 0.628. The summed E-state index contributed by atoms with van der Waals surface area (Å²) in [5, 5.41) is 15.2. The lowest BCUT2D eigenvalue weighted by molar-refractivity contribution is -0.131. The van der Waals surface area contributed by atoms with E-state index in [1.54, 1.807) is 21.3 Å². The van der Waals surface area contributed by atoms with Crippen molar-refractivity contribution in [2.75, 3.05) is 28.4 Å². The number of hydrogen-bond donors (Lipinski definition) is 2. The Kier molecular flexibility index (Phi) is 5.64. The van der Waals surface area contributed by atoms with Crippen LogP contribution < -0.4 is 19.9 Å². The van der Waals surface area contributed by atoms with Crippen LogP contribution in [0.1, 0.15) is 30.1 Å². The number of ether oxygens (including phenoxy) is 3. The number of carbonyl (C=O) groups is 1. The monoisotopic (exact) mass is 424 g/mol. The van der Waals surface area contributed by atoms with Crippen LogP contribution >= 0.6 is 0 Å². The third-order valence-corrected chi connectivity index (χ3v) is 6.34. The molecule has 0 aliphatic carbocycles. The summed E-state index contributed by atoms with van der Waals surface area (Å²) in [6, 6.07) is 9.63. The molecule has 2 aliphatic rings. The van der Waals surface area contributed by atoms with Gasteiger partial charge in [-0.05, 0) is 70.4 Å². The van der Waals surface area contributed by atoms with Gasteiger partial charge in [0.1, 0.15) is 11.9 Å². The molecular weight excluding hydrogens is 396 g/mol. The summed E-state index contributed by atoms with van der Waals surface area (Å²) >= 11 is 0. The molecule has 0 spiro atoms. The lowest BCUT2D eigenvalue weighted by atomic mass is 9.83. The number of benzene rings is 3. The van der Waals surface area contributed by atoms with Crippen molar-refractivity contribution in [3.05, 3.63) is 41.5 Å². The molecule has 3 aromatic carbocycles. The third-order valence-electron chi connectivity index (χ3n) is 6.34. The first-order chi connectivity index (χ1) is 15.1. The molecule has 31 heavy (non-hydrogen) atoms. The first-order valence-corrected chi connectivity index (χ1v) is 10.3. The second kappa shape index (κ2) is 8.24. The Hall–Kier alpha value is -3.03. The Morgan fingerprint density at radius 2 is 1.58 bits per heavy atom. The number of nitrogens with zero attached hydrogens (tertiary/aromatic N) is 1. The number of aliphatic hydroxyl groups excluding tert-OH is 1. The topological polar surface area (TPSA) is 94.3 Å². The number of hydrogen-bond acceptors (Lipinski definition) is 6. The zero-order chi connectivity index (χ0) is 22.3. The SMILES string of the molecule is CN.COc1ccc2c3c(c4cc(OC)c(OC)cc4c2c1)CN1C(=O)CCC1C3O. The van der Waals surface area contributed by atoms with E-state index in [-0.39, 0.29) is 11.9 Å². The summed E-state index contributed by atoms with van der Waals surface area (Å²) in [5.74, 6) is 2.10. The molecule has 0 saturated carbocycles. The molecule has 164 valence electrons. The molecule has 1 saturated heterocycles. The summed E-state index contributed by atoms with van der Waals surface area (Å²) in [7, 11) is 6.36. The minimum atomic E-state index is -0.724. The van der Waals surface area contributed by atoms with E-state index in [2.05, 4.69) is 5.73 Å². The van der Waals surface area contributed by atoms with Crippen LogP contribution in [0.2, 0.25) is 0 Å². The van der Waals surface area contributed by atoms with Gasteiger partial charge in [0, 0.05) is 13.0 Å². The summed E-state index contributed by atoms with van der Waals surface area (Å²) in [4.78, 5) is 14.2. The van der Waals surface area contributed by atoms with Crippen molar-refractivity contribution in [1.82, 2.24) is 4.90 Å². The van der Waals surface area contributed by atoms with Crippen LogP contribution in [0.3, 0.4) is 0 Å². The molecule has 3 N–H and O–H groups in total. The lowest BCUT2D eigenvalue weighted by Gasteiger charge is -2.37. The Labute approximate surface area is 181 Å². The Morgan fingerprint density at radius 1 is 0.935 bits per heavy atom. The smallest absolute Gasteiger partial charge is 0.223 e. The van der Waals surface area contributed by atoms with Crippen LogP contribution in [0.25, 0.3) is 21.5 Å². The van der Waals surface area contributed by atoms with Gasteiger partial charge in [-0.1, -0.05) is 6.07 Å². The van der Waals surface area contributed by atoms with Gasteiger partial charge in [-0.25, -0.2) is 0 Å². The first-order valence-electron chi connectivity index (χ1n) is 10.3. The van der Waals surface area contributed by atoms with Crippen LogP contribution in [0.5, 0.6) is 17.2 Å². The van der Waals surface area contributed by atoms with Crippen LogP contribution in [0.4, 0.5) is 0 Å². The minimum Gasteiger partial charge on any atom is -0.497 e. The van der Waals surface area contributed by atoms with Gasteiger partial charge in [0.15, 0.2) is 11.5 Å². The summed E-state index contributed by atoms with van der Waals surface area (Å²) < 4.78 is 16.5. The van der Waals surface area contributed by atoms with E-state index in [1.807, 2.05) is 35.2 Å². The summed E-state index contributed by atoms with van der Waals surface area (Å²) in [6.07, 6.45) is 0.441. The number of fused-ring (bicyclic) bond motifs is 7. The largest absolute Gasteiger partial charge is 0.497 e. The predicted octanol–water partition coefficient (Wildman–Crippen LogP) is 3.13. The molecule has 2 aliphatic heterocycles. The second-order valence-electron chi connectivity index (χ2n) is 7.63. The fourth-order valence-corrected chi connectivity index (χ4v) is 4.93. The molecule has 7 heteroatoms. The molecule has 0 bridgehead atoms. The van der Waals surface area contributed by atoms with E-state index >= 15 is 0 Å². The van der Waals surface area contributed by atoms with Gasteiger partial charge in [0.2, 0.25) is 5.91 Å². The number of rotatable bonds is 3. The van der Waals surface area contributed by atoms with Crippen molar-refractivity contribution in [1.29, 1.82) is 0 Å². The van der Waals surface area contributed by atoms with E-state index in [0.717, 1.165) is 38.4 Å². The van der Waals surface area contributed by atoms with Crippen molar-refractivity contribution < 1.29 is 24.1 Å². The van der Waals surface area contributed by atoms with Gasteiger partial charge in [0.25, 0.3) is 0 Å². The Balaban J connectivity index is 0.00000112. The highest BCUT2D eigenvalue weighted by atomic mass is 16.5. The van der Waals surface area contributed by atoms with Gasteiger partial charge in [0.05, 0.1) is 27.4 Å². The molecule has 7 nitrogen and oxygen atoms in total. The standard InChI is InChI=1S/C23H23NO5.CH5N/c1-27-12-4-5-13-14(8-12)15-9-19(28-2)20(29-3)10-16(15)17-11-24-18(6-7-21(24)25)23(26)22(13)17;1-2/h4-5,8-10,18,23,26H,6-7,11H2,1-3H3;2H2,1H3. The summed E-state index contributed by atoms with van der Waals surface area (Å²) in [5.41, 5.74) is 6.37. The van der Waals surface area contributed by atoms with E-state index in [9.17, 15) is 9.90 Å². The Bertz CT molecular complexity index is 1160. The first kappa shape index (κ1) is 21.2. The molecule has 2 atom stereocenters. The van der Waals surface area contributed by atoms with Gasteiger partial charge in [-0.15, -0.1) is 0 Å². The average Bonchev–Trinajstić information content (AvgIpc) is 3.20. The highest BCUT2D eigenvalue weighted by molar-refractivity contribution is 6.12. The van der Waals surface area contributed by atoms with E-state index in [4.69, 9.17) is 14.2 Å². The van der Waals surface area contributed by atoms with Crippen molar-refractivity contribution in [2.45, 2.75) is 31.5 Å². The third kappa shape index (κ3) is 3.16. The Morgan fingerprint density at radius 3 is 2.23 bits per heavy atom. The molecule has 0 aromatic heterocycles. The molecule has 3 aromatic rings. The zero-order valence-corrected chi connectivity index (χ0v) is 18.3. The molecule has 1 fully saturated rings. The maximum Gasteiger partial charge on any atom is 0.223 e. The van der Waals surface area contributed by atoms with Crippen molar-refractivity contribution >= 4 is 27.5 Å². The average molecular weight is 424 g/mol. The minimum absolute atomic E-state index is 0.100. The van der Waals surface area contributed by atoms with Crippen molar-refractivity contribution in [3.63, 3.8) is 0 Å². The highest BCUT2D eigenvalue weighted by Gasteiger charge is 2.42. The zero-order valence-electron chi connectivity index (χ0n) is 18.3. The van der Waals surface area contributed by atoms with Crippen molar-refractivity contribution in [2.24, 2.45) is 5.73 Å². The lowest BCUT2D eigenvalue weighted by Crippen LogP contribution is -2.41. The maximum absolute atomic E-state index is 12.4. The number of carbonyl (C=O) groups excluding carboxylic acids is 1. The number of nitrogens with two attached hydrogens (primary N) is 1. The van der Waals surface area contributed by atoms with Gasteiger partial charge >= 0.3 is 0 Å². The number of aliphatic hydroxyl groups is 1. The fourth-order valence-electron chi connectivity index (χ4n) is 4.93. The van der Waals surface area contributed by atoms with E-state index in [0.29, 0.717) is 30.9 Å². The maximum atomic E-state index is 12.4. The van der Waals surface area contributed by atoms with Crippen LogP contribution in [0, 0.1) is 0 Å². The van der Waals surface area contributed by atoms with Crippen LogP contribution in [-0.4, -0.2) is 50.3 Å². The molecular formula is C24H28N2O5. The fraction of sp³-hybridized carbons (Fsp3) is 0.375. The highest BCUT2D eigenvalue weighted by Crippen LogP contribution is 2.47. The molecule has 1 amide bonds. The summed E-state index contributed by atoms with van der Waals surface area (Å²) in [6.45, 7) is 0.490. The molecule has 5 rings (SSSR count).